The van der Waals surface area contributed by atoms with E-state index in [1.807, 2.05) is 41.3 Å². The highest BCUT2D eigenvalue weighted by Gasteiger charge is 2.29. The molecule has 2 amide bonds. The lowest BCUT2D eigenvalue weighted by molar-refractivity contribution is -0.136. The standard InChI is InChI=1S/C26H35N5O4S/c32-25-12-16-31(36(34,35)21-22-7-2-1-3-8-22)15-6-9-23(11-14-28-25)26(33)30-19-17-29(18-20-30)24-10-4-5-13-27-24/h1-5,7-8,10,13,23H,6,9,11-12,14-21H2,(H,28,32). The van der Waals surface area contributed by atoms with Gasteiger partial charge in [0.2, 0.25) is 21.8 Å². The second kappa shape index (κ2) is 12.3. The van der Waals surface area contributed by atoms with Gasteiger partial charge in [-0.15, -0.1) is 0 Å². The van der Waals surface area contributed by atoms with Crippen LogP contribution in [0.2, 0.25) is 0 Å². The summed E-state index contributed by atoms with van der Waals surface area (Å²) in [4.78, 5) is 34.2. The molecule has 0 spiro atoms. The van der Waals surface area contributed by atoms with Crippen LogP contribution in [0.5, 0.6) is 0 Å². The van der Waals surface area contributed by atoms with E-state index in [9.17, 15) is 18.0 Å². The molecule has 2 aliphatic rings. The van der Waals surface area contributed by atoms with Gasteiger partial charge >= 0.3 is 0 Å². The molecule has 1 atom stereocenters. The summed E-state index contributed by atoms with van der Waals surface area (Å²) in [6.07, 6.45) is 3.61. The molecule has 0 bridgehead atoms. The summed E-state index contributed by atoms with van der Waals surface area (Å²) in [5, 5.41) is 2.87. The van der Waals surface area contributed by atoms with E-state index in [1.54, 1.807) is 18.3 Å². The number of aromatic nitrogens is 1. The second-order valence-corrected chi connectivity index (χ2v) is 11.3. The Labute approximate surface area is 213 Å². The van der Waals surface area contributed by atoms with Gasteiger partial charge in [0.1, 0.15) is 5.82 Å². The van der Waals surface area contributed by atoms with Crippen molar-refractivity contribution in [1.82, 2.24) is 19.5 Å². The van der Waals surface area contributed by atoms with Crippen molar-refractivity contribution in [1.29, 1.82) is 0 Å². The van der Waals surface area contributed by atoms with Crippen LogP contribution in [-0.2, 0) is 25.4 Å². The molecule has 194 valence electrons. The summed E-state index contributed by atoms with van der Waals surface area (Å²) >= 11 is 0. The summed E-state index contributed by atoms with van der Waals surface area (Å²) in [7, 11) is -3.58. The minimum atomic E-state index is -3.58. The molecule has 9 nitrogen and oxygen atoms in total. The predicted octanol–water partition coefficient (Wildman–Crippen LogP) is 1.87. The zero-order valence-electron chi connectivity index (χ0n) is 20.6. The van der Waals surface area contributed by atoms with Gasteiger partial charge in [-0.25, -0.2) is 17.7 Å². The molecule has 4 rings (SSSR count). The van der Waals surface area contributed by atoms with Crippen molar-refractivity contribution in [3.8, 4) is 0 Å². The molecule has 10 heteroatoms. The van der Waals surface area contributed by atoms with Gasteiger partial charge in [-0.05, 0) is 37.0 Å². The summed E-state index contributed by atoms with van der Waals surface area (Å²) < 4.78 is 27.7. The quantitative estimate of drug-likeness (QED) is 0.655. The molecule has 2 aromatic rings. The van der Waals surface area contributed by atoms with Crippen molar-refractivity contribution in [2.75, 3.05) is 50.7 Å². The average Bonchev–Trinajstić information content (AvgIpc) is 2.94. The Balaban J connectivity index is 1.37. The number of sulfonamides is 1. The molecule has 1 unspecified atom stereocenters. The maximum absolute atomic E-state index is 13.4. The first-order valence-electron chi connectivity index (χ1n) is 12.7. The van der Waals surface area contributed by atoms with Crippen molar-refractivity contribution in [3.63, 3.8) is 0 Å². The Kier molecular flexibility index (Phi) is 8.93. The third kappa shape index (κ3) is 7.04. The molecule has 1 aromatic carbocycles. The van der Waals surface area contributed by atoms with Crippen LogP contribution in [0.25, 0.3) is 0 Å². The topological polar surface area (TPSA) is 103 Å². The van der Waals surface area contributed by atoms with Crippen molar-refractivity contribution >= 4 is 27.7 Å². The van der Waals surface area contributed by atoms with Gasteiger partial charge in [0.25, 0.3) is 0 Å². The maximum atomic E-state index is 13.4. The van der Waals surface area contributed by atoms with Crippen LogP contribution < -0.4 is 10.2 Å². The number of carbonyl (C=O) groups excluding carboxylic acids is 2. The van der Waals surface area contributed by atoms with E-state index < -0.39 is 10.0 Å². The molecule has 2 saturated heterocycles. The van der Waals surface area contributed by atoms with E-state index in [-0.39, 0.29) is 36.5 Å². The number of piperazine rings is 1. The number of anilines is 1. The SMILES string of the molecule is O=C1CCN(S(=O)(=O)Cc2ccccc2)CCCC(C(=O)N2CCN(c3ccccn3)CC2)CCN1. The molecule has 2 aliphatic heterocycles. The number of hydrogen-bond donors (Lipinski definition) is 1. The summed E-state index contributed by atoms with van der Waals surface area (Å²) in [5.41, 5.74) is 0.717. The monoisotopic (exact) mass is 513 g/mol. The Morgan fingerprint density at radius 2 is 1.69 bits per heavy atom. The van der Waals surface area contributed by atoms with Crippen LogP contribution in [0.1, 0.15) is 31.2 Å². The lowest BCUT2D eigenvalue weighted by Gasteiger charge is -2.37. The molecular weight excluding hydrogens is 478 g/mol. The fourth-order valence-corrected chi connectivity index (χ4v) is 6.40. The molecular formula is C26H35N5O4S. The van der Waals surface area contributed by atoms with Crippen molar-refractivity contribution in [2.24, 2.45) is 5.92 Å². The van der Waals surface area contributed by atoms with E-state index in [1.165, 1.54) is 4.31 Å². The fourth-order valence-electron chi connectivity index (χ4n) is 4.83. The van der Waals surface area contributed by atoms with E-state index in [0.29, 0.717) is 51.0 Å². The highest BCUT2D eigenvalue weighted by atomic mass is 32.2. The molecule has 2 fully saturated rings. The summed E-state index contributed by atoms with van der Waals surface area (Å²) in [5.74, 6) is 0.468. The van der Waals surface area contributed by atoms with E-state index in [0.717, 1.165) is 18.9 Å². The lowest BCUT2D eigenvalue weighted by atomic mass is 9.97. The third-order valence-corrected chi connectivity index (χ3v) is 8.71. The van der Waals surface area contributed by atoms with Crippen LogP contribution in [-0.4, -0.2) is 80.2 Å². The molecule has 1 aromatic heterocycles. The van der Waals surface area contributed by atoms with Gasteiger partial charge < -0.3 is 15.1 Å². The zero-order chi connectivity index (χ0) is 25.4. The Bertz CT molecular complexity index is 1110. The van der Waals surface area contributed by atoms with Gasteiger partial charge in [-0.1, -0.05) is 36.4 Å². The predicted molar refractivity (Wildman–Crippen MR) is 139 cm³/mol. The molecule has 0 aliphatic carbocycles. The van der Waals surface area contributed by atoms with E-state index in [2.05, 4.69) is 15.2 Å². The number of nitrogens with zero attached hydrogens (tertiary/aromatic N) is 4. The van der Waals surface area contributed by atoms with Crippen molar-refractivity contribution < 1.29 is 18.0 Å². The first kappa shape index (κ1) is 26.1. The minimum absolute atomic E-state index is 0.0860. The van der Waals surface area contributed by atoms with Gasteiger partial charge in [0.15, 0.2) is 0 Å². The Hall–Kier alpha value is -2.98. The van der Waals surface area contributed by atoms with E-state index >= 15 is 0 Å². The molecule has 3 heterocycles. The highest BCUT2D eigenvalue weighted by Crippen LogP contribution is 2.21. The van der Waals surface area contributed by atoms with Crippen molar-refractivity contribution in [2.45, 2.75) is 31.4 Å². The maximum Gasteiger partial charge on any atom is 0.225 e. The van der Waals surface area contributed by atoms with E-state index in [4.69, 9.17) is 0 Å². The third-order valence-electron chi connectivity index (χ3n) is 6.86. The molecule has 0 saturated carbocycles. The number of benzene rings is 1. The lowest BCUT2D eigenvalue weighted by Crippen LogP contribution is -2.51. The molecule has 0 radical (unpaired) electrons. The number of amides is 2. The first-order chi connectivity index (χ1) is 17.4. The minimum Gasteiger partial charge on any atom is -0.356 e. The first-order valence-corrected chi connectivity index (χ1v) is 14.3. The normalized spacial score (nSPS) is 20.9. The van der Waals surface area contributed by atoms with Crippen LogP contribution >= 0.6 is 0 Å². The highest BCUT2D eigenvalue weighted by molar-refractivity contribution is 7.88. The number of nitrogens with one attached hydrogen (secondary N) is 1. The Morgan fingerprint density at radius 1 is 0.944 bits per heavy atom. The number of pyridine rings is 1. The largest absolute Gasteiger partial charge is 0.356 e. The fraction of sp³-hybridized carbons (Fsp3) is 0.500. The smallest absolute Gasteiger partial charge is 0.225 e. The number of rotatable bonds is 5. The number of carbonyl (C=O) groups is 2. The Morgan fingerprint density at radius 3 is 2.42 bits per heavy atom. The summed E-state index contributed by atoms with van der Waals surface area (Å²) in [6, 6.07) is 14.9. The van der Waals surface area contributed by atoms with Gasteiger partial charge in [-0.2, -0.15) is 0 Å². The van der Waals surface area contributed by atoms with Gasteiger partial charge in [0, 0.05) is 64.3 Å². The molecule has 36 heavy (non-hydrogen) atoms. The van der Waals surface area contributed by atoms with Crippen LogP contribution in [0, 0.1) is 5.92 Å². The average molecular weight is 514 g/mol. The summed E-state index contributed by atoms with van der Waals surface area (Å²) in [6.45, 7) is 3.55. The van der Waals surface area contributed by atoms with Crippen molar-refractivity contribution in [3.05, 3.63) is 60.3 Å². The molecule has 1 N–H and O–H groups in total. The van der Waals surface area contributed by atoms with Crippen LogP contribution in [0.4, 0.5) is 5.82 Å². The van der Waals surface area contributed by atoms with Crippen LogP contribution in [0.3, 0.4) is 0 Å². The zero-order valence-corrected chi connectivity index (χ0v) is 21.4. The van der Waals surface area contributed by atoms with Gasteiger partial charge in [0.05, 0.1) is 5.75 Å². The number of hydrogen-bond acceptors (Lipinski definition) is 6. The second-order valence-electron chi connectivity index (χ2n) is 9.37. The van der Waals surface area contributed by atoms with Gasteiger partial charge in [-0.3, -0.25) is 9.59 Å². The van der Waals surface area contributed by atoms with Crippen LogP contribution in [0.15, 0.2) is 54.7 Å².